The molecule has 0 spiro atoms. The number of fused-ring (bicyclic) bond motifs is 1. The largest absolute Gasteiger partial charge is 0.453 e. The Morgan fingerprint density at radius 2 is 1.93 bits per heavy atom. The summed E-state index contributed by atoms with van der Waals surface area (Å²) in [4.78, 5) is 53.6. The van der Waals surface area contributed by atoms with Gasteiger partial charge in [0.2, 0.25) is 5.91 Å². The van der Waals surface area contributed by atoms with Gasteiger partial charge in [0, 0.05) is 18.7 Å². The lowest BCUT2D eigenvalue weighted by molar-refractivity contribution is -0.120. The first-order valence-corrected chi connectivity index (χ1v) is 10.1. The van der Waals surface area contributed by atoms with Crippen LogP contribution >= 0.6 is 0 Å². The Balaban J connectivity index is 1.97. The van der Waals surface area contributed by atoms with Gasteiger partial charge in [0.25, 0.3) is 5.56 Å². The molecule has 1 aromatic carbocycles. The Hall–Kier alpha value is -3.36. The molecule has 2 heterocycles. The van der Waals surface area contributed by atoms with Crippen molar-refractivity contribution in [3.63, 3.8) is 0 Å². The summed E-state index contributed by atoms with van der Waals surface area (Å²) in [6.07, 6.45) is 1.20. The lowest BCUT2D eigenvalue weighted by Crippen LogP contribution is -2.42. The zero-order chi connectivity index (χ0) is 21.8. The van der Waals surface area contributed by atoms with Gasteiger partial charge < -0.3 is 15.4 Å². The van der Waals surface area contributed by atoms with E-state index in [0.717, 1.165) is 6.42 Å². The average Bonchev–Trinajstić information content (AvgIpc) is 3.03. The van der Waals surface area contributed by atoms with Gasteiger partial charge in [0.15, 0.2) is 5.69 Å². The molecule has 1 atom stereocenters. The SMILES string of the molecule is CCCCN(C(=O)CC1OC(=O)c2ccccc21)c1c(N)n(CCC)c(=O)[nH]c1=O. The molecule has 160 valence electrons. The fourth-order valence-corrected chi connectivity index (χ4v) is 3.60. The summed E-state index contributed by atoms with van der Waals surface area (Å²) in [5.41, 5.74) is 5.87. The third-order valence-electron chi connectivity index (χ3n) is 5.10. The number of nitrogens with two attached hydrogens (primary N) is 1. The highest BCUT2D eigenvalue weighted by molar-refractivity contribution is 5.98. The zero-order valence-electron chi connectivity index (χ0n) is 17.1. The number of H-pyrrole nitrogens is 1. The third kappa shape index (κ3) is 4.00. The van der Waals surface area contributed by atoms with Crippen LogP contribution in [0.3, 0.4) is 0 Å². The first kappa shape index (κ1) is 21.4. The molecule has 0 fully saturated rings. The van der Waals surface area contributed by atoms with E-state index in [-0.39, 0.29) is 24.5 Å². The monoisotopic (exact) mass is 414 g/mol. The second-order valence-electron chi connectivity index (χ2n) is 7.23. The molecule has 9 nitrogen and oxygen atoms in total. The van der Waals surface area contributed by atoms with Crippen LogP contribution in [0.1, 0.15) is 61.6 Å². The predicted molar refractivity (Wildman–Crippen MR) is 113 cm³/mol. The van der Waals surface area contributed by atoms with Gasteiger partial charge in [-0.1, -0.05) is 38.5 Å². The van der Waals surface area contributed by atoms with Crippen molar-refractivity contribution in [3.8, 4) is 0 Å². The van der Waals surface area contributed by atoms with Crippen LogP contribution in [0.2, 0.25) is 0 Å². The van der Waals surface area contributed by atoms with E-state index >= 15 is 0 Å². The number of ether oxygens (including phenoxy) is 1. The molecular formula is C21H26N4O5. The van der Waals surface area contributed by atoms with Crippen LogP contribution in [0.5, 0.6) is 0 Å². The first-order valence-electron chi connectivity index (χ1n) is 10.1. The van der Waals surface area contributed by atoms with Crippen LogP contribution in [-0.4, -0.2) is 28.0 Å². The molecule has 3 rings (SSSR count). The van der Waals surface area contributed by atoms with Crippen molar-refractivity contribution >= 4 is 23.4 Å². The number of hydrogen-bond acceptors (Lipinski definition) is 6. The van der Waals surface area contributed by atoms with Crippen LogP contribution in [0.25, 0.3) is 0 Å². The molecule has 30 heavy (non-hydrogen) atoms. The molecule has 1 amide bonds. The molecule has 1 aliphatic heterocycles. The Morgan fingerprint density at radius 1 is 1.20 bits per heavy atom. The third-order valence-corrected chi connectivity index (χ3v) is 5.10. The van der Waals surface area contributed by atoms with Crippen molar-refractivity contribution < 1.29 is 14.3 Å². The minimum Gasteiger partial charge on any atom is -0.453 e. The second kappa shape index (κ2) is 8.98. The highest BCUT2D eigenvalue weighted by Crippen LogP contribution is 2.34. The maximum Gasteiger partial charge on any atom is 0.339 e. The summed E-state index contributed by atoms with van der Waals surface area (Å²) < 4.78 is 6.63. The van der Waals surface area contributed by atoms with E-state index < -0.39 is 29.2 Å². The van der Waals surface area contributed by atoms with Gasteiger partial charge in [-0.3, -0.25) is 19.1 Å². The van der Waals surface area contributed by atoms with Gasteiger partial charge >= 0.3 is 11.7 Å². The van der Waals surface area contributed by atoms with E-state index in [4.69, 9.17) is 10.5 Å². The van der Waals surface area contributed by atoms with Crippen LogP contribution < -0.4 is 21.9 Å². The zero-order valence-corrected chi connectivity index (χ0v) is 17.1. The van der Waals surface area contributed by atoms with Crippen molar-refractivity contribution in [3.05, 3.63) is 56.2 Å². The van der Waals surface area contributed by atoms with Crippen molar-refractivity contribution in [2.24, 2.45) is 0 Å². The molecule has 0 aliphatic carbocycles. The highest BCUT2D eigenvalue weighted by atomic mass is 16.5. The van der Waals surface area contributed by atoms with E-state index in [0.29, 0.717) is 30.5 Å². The lowest BCUT2D eigenvalue weighted by Gasteiger charge is -2.25. The normalized spacial score (nSPS) is 15.0. The van der Waals surface area contributed by atoms with Crippen LogP contribution in [0.4, 0.5) is 11.5 Å². The van der Waals surface area contributed by atoms with Crippen molar-refractivity contribution in [2.75, 3.05) is 17.2 Å². The molecule has 0 radical (unpaired) electrons. The fourth-order valence-electron chi connectivity index (χ4n) is 3.60. The molecule has 0 saturated carbocycles. The number of hydrogen-bond donors (Lipinski definition) is 2. The number of carbonyl (C=O) groups is 2. The smallest absolute Gasteiger partial charge is 0.339 e. The van der Waals surface area contributed by atoms with E-state index in [9.17, 15) is 19.2 Å². The van der Waals surface area contributed by atoms with Crippen LogP contribution in [0, 0.1) is 0 Å². The predicted octanol–water partition coefficient (Wildman–Crippen LogP) is 1.96. The van der Waals surface area contributed by atoms with Crippen LogP contribution in [-0.2, 0) is 16.1 Å². The molecule has 9 heteroatoms. The van der Waals surface area contributed by atoms with Crippen molar-refractivity contribution in [1.29, 1.82) is 0 Å². The summed E-state index contributed by atoms with van der Waals surface area (Å²) in [5, 5.41) is 0. The van der Waals surface area contributed by atoms with Crippen molar-refractivity contribution in [2.45, 2.75) is 52.2 Å². The topological polar surface area (TPSA) is 127 Å². The molecule has 2 aromatic rings. The van der Waals surface area contributed by atoms with Gasteiger partial charge in [-0.15, -0.1) is 0 Å². The number of aromatic nitrogens is 2. The van der Waals surface area contributed by atoms with Crippen molar-refractivity contribution in [1.82, 2.24) is 9.55 Å². The number of esters is 1. The number of nitrogen functional groups attached to an aromatic ring is 1. The van der Waals surface area contributed by atoms with Gasteiger partial charge in [0.1, 0.15) is 11.9 Å². The average molecular weight is 414 g/mol. The van der Waals surface area contributed by atoms with Crippen LogP contribution in [0.15, 0.2) is 33.9 Å². The van der Waals surface area contributed by atoms with E-state index in [1.165, 1.54) is 9.47 Å². The quantitative estimate of drug-likeness (QED) is 0.636. The number of amides is 1. The number of nitrogens with zero attached hydrogens (tertiary/aromatic N) is 2. The molecule has 3 N–H and O–H groups in total. The van der Waals surface area contributed by atoms with Gasteiger partial charge in [0.05, 0.1) is 12.0 Å². The number of benzene rings is 1. The molecule has 0 saturated heterocycles. The molecule has 1 aromatic heterocycles. The molecule has 1 aliphatic rings. The summed E-state index contributed by atoms with van der Waals surface area (Å²) in [5.74, 6) is -0.923. The van der Waals surface area contributed by atoms with Gasteiger partial charge in [-0.2, -0.15) is 0 Å². The summed E-state index contributed by atoms with van der Waals surface area (Å²) >= 11 is 0. The first-order chi connectivity index (χ1) is 14.4. The minimum absolute atomic E-state index is 0.0425. The molecule has 0 bridgehead atoms. The Kier molecular flexibility index (Phi) is 6.39. The standard InChI is InChI=1S/C21H26N4O5/c1-3-5-11-24(17-18(22)25(10-4-2)21(29)23-19(17)27)16(26)12-15-13-8-6-7-9-14(13)20(28)30-15/h6-9,15H,3-5,10-12,22H2,1-2H3,(H,23,27,29). The molecule has 1 unspecified atom stereocenters. The highest BCUT2D eigenvalue weighted by Gasteiger charge is 2.34. The van der Waals surface area contributed by atoms with E-state index in [1.807, 2.05) is 13.8 Å². The second-order valence-corrected chi connectivity index (χ2v) is 7.23. The summed E-state index contributed by atoms with van der Waals surface area (Å²) in [6, 6.07) is 6.91. The number of carbonyl (C=O) groups excluding carboxylic acids is 2. The summed E-state index contributed by atoms with van der Waals surface area (Å²) in [7, 11) is 0. The number of cyclic esters (lactones) is 1. The number of unbranched alkanes of at least 4 members (excludes halogenated alkanes) is 1. The van der Waals surface area contributed by atoms with Gasteiger partial charge in [-0.05, 0) is 18.9 Å². The fraction of sp³-hybridized carbons (Fsp3) is 0.429. The van der Waals surface area contributed by atoms with Gasteiger partial charge in [-0.25, -0.2) is 9.59 Å². The Labute approximate surface area is 173 Å². The maximum absolute atomic E-state index is 13.2. The maximum atomic E-state index is 13.2. The minimum atomic E-state index is -0.729. The number of aromatic amines is 1. The Morgan fingerprint density at radius 3 is 2.63 bits per heavy atom. The molecular weight excluding hydrogens is 388 g/mol. The summed E-state index contributed by atoms with van der Waals surface area (Å²) in [6.45, 7) is 4.42. The number of nitrogens with one attached hydrogen (secondary N) is 1. The van der Waals surface area contributed by atoms with E-state index in [2.05, 4.69) is 4.98 Å². The lowest BCUT2D eigenvalue weighted by atomic mass is 10.0. The number of anilines is 2. The van der Waals surface area contributed by atoms with E-state index in [1.54, 1.807) is 24.3 Å². The number of rotatable bonds is 8. The Bertz CT molecular complexity index is 1070.